The number of methoxy groups -OCH3 is 1. The van der Waals surface area contributed by atoms with Gasteiger partial charge < -0.3 is 9.58 Å². The van der Waals surface area contributed by atoms with E-state index in [2.05, 4.69) is 9.58 Å². The van der Waals surface area contributed by atoms with Crippen LogP contribution in [0, 0.1) is 6.57 Å². The second-order valence-corrected chi connectivity index (χ2v) is 0.801. The summed E-state index contributed by atoms with van der Waals surface area (Å²) in [6.07, 6.45) is 0. The van der Waals surface area contributed by atoms with Crippen LogP contribution in [0.2, 0.25) is 0 Å². The van der Waals surface area contributed by atoms with E-state index >= 15 is 0 Å². The van der Waals surface area contributed by atoms with Gasteiger partial charge in [-0.1, -0.05) is 13.8 Å². The van der Waals surface area contributed by atoms with Crippen molar-refractivity contribution in [3.05, 3.63) is 11.4 Å². The predicted molar refractivity (Wildman–Crippen MR) is 41.4 cm³/mol. The standard InChI is InChI=1S/C3H8O.C2H3N.C2H6/c1-3-4-2;1-3-2;1-2/h3H2,1-2H3;1H3;1-2H3. The number of hydrogen-bond acceptors (Lipinski definition) is 1. The molecule has 0 atom stereocenters. The van der Waals surface area contributed by atoms with Gasteiger partial charge in [0.15, 0.2) is 0 Å². The van der Waals surface area contributed by atoms with E-state index in [1.54, 1.807) is 7.11 Å². The Morgan fingerprint density at radius 1 is 1.44 bits per heavy atom. The average Bonchev–Trinajstić information content (AvgIpc) is 1.94. The first kappa shape index (κ1) is 15.8. The van der Waals surface area contributed by atoms with Gasteiger partial charge in [0.05, 0.1) is 0 Å². The number of ether oxygens (including phenoxy) is 1. The quantitative estimate of drug-likeness (QED) is 0.497. The van der Waals surface area contributed by atoms with E-state index in [-0.39, 0.29) is 0 Å². The molecule has 0 N–H and O–H groups in total. The van der Waals surface area contributed by atoms with Crippen LogP contribution in [0.4, 0.5) is 0 Å². The lowest BCUT2D eigenvalue weighted by molar-refractivity contribution is 0.215. The van der Waals surface area contributed by atoms with Crippen LogP contribution in [0.5, 0.6) is 0 Å². The van der Waals surface area contributed by atoms with Gasteiger partial charge in [0.25, 0.3) is 0 Å². The maximum absolute atomic E-state index is 5.83. The summed E-state index contributed by atoms with van der Waals surface area (Å²) in [5.74, 6) is 0. The molecule has 2 heteroatoms. The molecule has 0 radical (unpaired) electrons. The lowest BCUT2D eigenvalue weighted by Crippen LogP contribution is -1.73. The van der Waals surface area contributed by atoms with E-state index < -0.39 is 0 Å². The summed E-state index contributed by atoms with van der Waals surface area (Å²) in [4.78, 5) is 2.75. The topological polar surface area (TPSA) is 13.6 Å². The fourth-order valence-electron chi connectivity index (χ4n) is 0. The molecule has 0 aromatic rings. The molecule has 0 bridgehead atoms. The van der Waals surface area contributed by atoms with Gasteiger partial charge in [-0.2, -0.15) is 0 Å². The molecule has 2 nitrogen and oxygen atoms in total. The molecule has 0 aliphatic carbocycles. The second-order valence-electron chi connectivity index (χ2n) is 0.801. The van der Waals surface area contributed by atoms with Gasteiger partial charge in [-0.25, -0.2) is 6.57 Å². The molecule has 0 amide bonds. The first-order valence-corrected chi connectivity index (χ1v) is 3.07. The van der Waals surface area contributed by atoms with Crippen LogP contribution in [0.3, 0.4) is 0 Å². The second kappa shape index (κ2) is 51.6. The number of hydrogen-bond donors (Lipinski definition) is 0. The Kier molecular flexibility index (Phi) is 90.6. The Bertz CT molecular complexity index is 45.4. The minimum atomic E-state index is 0.819. The lowest BCUT2D eigenvalue weighted by Gasteiger charge is -1.76. The van der Waals surface area contributed by atoms with Crippen LogP contribution in [0.1, 0.15) is 20.8 Å². The van der Waals surface area contributed by atoms with Crippen molar-refractivity contribution in [3.63, 3.8) is 0 Å². The zero-order valence-corrected chi connectivity index (χ0v) is 7.06. The summed E-state index contributed by atoms with van der Waals surface area (Å²) in [6, 6.07) is 0. The van der Waals surface area contributed by atoms with Gasteiger partial charge in [-0.3, -0.25) is 0 Å². The van der Waals surface area contributed by atoms with Crippen LogP contribution < -0.4 is 0 Å². The van der Waals surface area contributed by atoms with Gasteiger partial charge in [0.1, 0.15) is 0 Å². The summed E-state index contributed by atoms with van der Waals surface area (Å²) >= 11 is 0. The van der Waals surface area contributed by atoms with Crippen molar-refractivity contribution in [2.24, 2.45) is 0 Å². The zero-order chi connectivity index (χ0) is 8.12. The summed E-state index contributed by atoms with van der Waals surface area (Å²) in [5, 5.41) is 0. The molecule has 56 valence electrons. The normalized spacial score (nSPS) is 4.89. The van der Waals surface area contributed by atoms with Crippen molar-refractivity contribution in [3.8, 4) is 0 Å². The van der Waals surface area contributed by atoms with Crippen molar-refractivity contribution >= 4 is 0 Å². The smallest absolute Gasteiger partial charge is 0.205 e. The van der Waals surface area contributed by atoms with Gasteiger partial charge >= 0.3 is 0 Å². The third-order valence-electron chi connectivity index (χ3n) is 0.289. The molecule has 0 aromatic heterocycles. The Morgan fingerprint density at radius 3 is 1.56 bits per heavy atom. The molecule has 0 aromatic carbocycles. The minimum Gasteiger partial charge on any atom is -0.385 e. The first-order chi connectivity index (χ1) is 4.33. The van der Waals surface area contributed by atoms with Crippen molar-refractivity contribution in [2.75, 3.05) is 20.8 Å². The van der Waals surface area contributed by atoms with Gasteiger partial charge in [0.2, 0.25) is 7.05 Å². The third kappa shape index (κ3) is 1090. The predicted octanol–water partition coefficient (Wildman–Crippen LogP) is 2.21. The fraction of sp³-hybridized carbons (Fsp3) is 0.857. The van der Waals surface area contributed by atoms with Crippen LogP contribution >= 0.6 is 0 Å². The molecule has 0 unspecified atom stereocenters. The van der Waals surface area contributed by atoms with Crippen molar-refractivity contribution in [1.29, 1.82) is 0 Å². The highest BCUT2D eigenvalue weighted by Crippen LogP contribution is 1.52. The van der Waals surface area contributed by atoms with Crippen LogP contribution in [0.25, 0.3) is 4.85 Å². The Labute approximate surface area is 58.7 Å². The third-order valence-corrected chi connectivity index (χ3v) is 0.289. The number of rotatable bonds is 1. The van der Waals surface area contributed by atoms with E-state index in [0.717, 1.165) is 6.61 Å². The summed E-state index contributed by atoms with van der Waals surface area (Å²) in [5.41, 5.74) is 0. The highest BCUT2D eigenvalue weighted by atomic mass is 16.5. The Balaban J connectivity index is -0.0000000646. The van der Waals surface area contributed by atoms with Crippen LogP contribution in [-0.2, 0) is 4.74 Å². The molecule has 9 heavy (non-hydrogen) atoms. The molecule has 0 aliphatic heterocycles. The zero-order valence-electron chi connectivity index (χ0n) is 7.06. The molecule has 0 fully saturated rings. The van der Waals surface area contributed by atoms with Crippen molar-refractivity contribution < 1.29 is 4.74 Å². The van der Waals surface area contributed by atoms with Crippen LogP contribution in [-0.4, -0.2) is 20.8 Å². The van der Waals surface area contributed by atoms with Crippen LogP contribution in [0.15, 0.2) is 0 Å². The molecular formula is C7H17NO. The van der Waals surface area contributed by atoms with Gasteiger partial charge in [-0.05, 0) is 6.92 Å². The molecule has 0 rings (SSSR count). The lowest BCUT2D eigenvalue weighted by atomic mass is 10.9. The molecule has 0 spiro atoms. The first-order valence-electron chi connectivity index (χ1n) is 3.07. The molecular weight excluding hydrogens is 114 g/mol. The summed E-state index contributed by atoms with van der Waals surface area (Å²) in [6.45, 7) is 12.6. The number of nitrogens with zero attached hydrogens (tertiary/aromatic N) is 1. The van der Waals surface area contributed by atoms with E-state index in [1.807, 2.05) is 20.8 Å². The fourth-order valence-corrected chi connectivity index (χ4v) is 0. The van der Waals surface area contributed by atoms with E-state index in [9.17, 15) is 0 Å². The highest BCUT2D eigenvalue weighted by Gasteiger charge is 1.51. The molecule has 0 saturated heterocycles. The highest BCUT2D eigenvalue weighted by molar-refractivity contribution is 4.31. The Hall–Kier alpha value is -0.550. The largest absolute Gasteiger partial charge is 0.385 e. The maximum Gasteiger partial charge on any atom is 0.205 e. The minimum absolute atomic E-state index is 0.819. The molecule has 0 saturated carbocycles. The summed E-state index contributed by atoms with van der Waals surface area (Å²) in [7, 11) is 3.10. The Morgan fingerprint density at radius 2 is 1.56 bits per heavy atom. The van der Waals surface area contributed by atoms with Gasteiger partial charge in [0, 0.05) is 13.7 Å². The average molecular weight is 131 g/mol. The molecule has 0 heterocycles. The SMILES string of the molecule is CC.CCOC.[C-]#[N+]C. The van der Waals surface area contributed by atoms with E-state index in [0.29, 0.717) is 0 Å². The molecule has 0 aliphatic rings. The van der Waals surface area contributed by atoms with E-state index in [1.165, 1.54) is 7.05 Å². The van der Waals surface area contributed by atoms with Crippen molar-refractivity contribution in [2.45, 2.75) is 20.8 Å². The maximum atomic E-state index is 5.83. The van der Waals surface area contributed by atoms with Crippen molar-refractivity contribution in [1.82, 2.24) is 0 Å². The van der Waals surface area contributed by atoms with E-state index in [4.69, 9.17) is 6.57 Å². The summed E-state index contributed by atoms with van der Waals surface area (Å²) < 4.78 is 4.54. The monoisotopic (exact) mass is 131 g/mol. The van der Waals surface area contributed by atoms with Gasteiger partial charge in [-0.15, -0.1) is 0 Å².